The summed E-state index contributed by atoms with van der Waals surface area (Å²) in [4.78, 5) is 15.3. The lowest BCUT2D eigenvalue weighted by atomic mass is 10.2. The molecule has 3 nitrogen and oxygen atoms in total. The first-order valence-corrected chi connectivity index (χ1v) is 5.71. The minimum absolute atomic E-state index is 0.417. The Labute approximate surface area is 88.7 Å². The van der Waals surface area contributed by atoms with Crippen molar-refractivity contribution in [3.8, 4) is 0 Å². The lowest BCUT2D eigenvalue weighted by Gasteiger charge is -1.95. The molecule has 0 amide bonds. The third kappa shape index (κ3) is 1.83. The number of aromatic nitrogens is 1. The zero-order chi connectivity index (χ0) is 9.97. The molecule has 72 valence electrons. The summed E-state index contributed by atoms with van der Waals surface area (Å²) in [5, 5.41) is 13.5. The fourth-order valence-electron chi connectivity index (χ4n) is 1.17. The molecule has 2 heterocycles. The van der Waals surface area contributed by atoms with Crippen LogP contribution in [-0.4, -0.2) is 16.1 Å². The van der Waals surface area contributed by atoms with Crippen molar-refractivity contribution < 1.29 is 9.90 Å². The summed E-state index contributed by atoms with van der Waals surface area (Å²) >= 11 is 2.80. The van der Waals surface area contributed by atoms with Crippen LogP contribution < -0.4 is 0 Å². The Morgan fingerprint density at radius 2 is 2.29 bits per heavy atom. The van der Waals surface area contributed by atoms with E-state index >= 15 is 0 Å². The molecule has 2 aromatic heterocycles. The van der Waals surface area contributed by atoms with Crippen molar-refractivity contribution in [1.82, 2.24) is 4.98 Å². The Kier molecular flexibility index (Phi) is 2.60. The van der Waals surface area contributed by atoms with Gasteiger partial charge in [-0.1, -0.05) is 0 Å². The van der Waals surface area contributed by atoms with Crippen LogP contribution in [0.2, 0.25) is 0 Å². The van der Waals surface area contributed by atoms with E-state index in [2.05, 4.69) is 4.98 Å². The van der Waals surface area contributed by atoms with Crippen LogP contribution in [0.4, 0.5) is 0 Å². The summed E-state index contributed by atoms with van der Waals surface area (Å²) in [6.07, 6.45) is 2.34. The highest BCUT2D eigenvalue weighted by atomic mass is 32.1. The first-order valence-electron chi connectivity index (χ1n) is 3.95. The van der Waals surface area contributed by atoms with Crippen LogP contribution in [0.3, 0.4) is 0 Å². The van der Waals surface area contributed by atoms with Gasteiger partial charge in [0.2, 0.25) is 0 Å². The van der Waals surface area contributed by atoms with Gasteiger partial charge in [-0.2, -0.15) is 0 Å². The normalized spacial score (nSPS) is 10.3. The van der Waals surface area contributed by atoms with E-state index in [1.54, 1.807) is 22.9 Å². The molecule has 0 atom stereocenters. The van der Waals surface area contributed by atoms with Crippen LogP contribution in [0.25, 0.3) is 0 Å². The van der Waals surface area contributed by atoms with Gasteiger partial charge in [0.15, 0.2) is 0 Å². The summed E-state index contributed by atoms with van der Waals surface area (Å²) in [6.45, 7) is 0. The molecule has 2 aromatic rings. The number of thiazole rings is 1. The van der Waals surface area contributed by atoms with Gasteiger partial charge in [0.1, 0.15) is 4.88 Å². The topological polar surface area (TPSA) is 50.2 Å². The molecule has 0 spiro atoms. The van der Waals surface area contributed by atoms with Gasteiger partial charge < -0.3 is 5.11 Å². The second-order valence-corrected chi connectivity index (χ2v) is 4.58. The number of carboxylic acid groups (broad SMARTS) is 1. The second kappa shape index (κ2) is 3.89. The number of thiophene rings is 1. The van der Waals surface area contributed by atoms with Crippen molar-refractivity contribution in [1.29, 1.82) is 0 Å². The van der Waals surface area contributed by atoms with Crippen molar-refractivity contribution in [2.24, 2.45) is 0 Å². The maximum absolute atomic E-state index is 10.8. The van der Waals surface area contributed by atoms with Gasteiger partial charge >= 0.3 is 5.97 Å². The van der Waals surface area contributed by atoms with E-state index in [0.717, 1.165) is 10.6 Å². The fourth-order valence-corrected chi connectivity index (χ4v) is 2.57. The van der Waals surface area contributed by atoms with E-state index in [-0.39, 0.29) is 0 Å². The van der Waals surface area contributed by atoms with Crippen LogP contribution in [0.15, 0.2) is 23.0 Å². The number of carboxylic acids is 1. The summed E-state index contributed by atoms with van der Waals surface area (Å²) < 4.78 is 0. The zero-order valence-electron chi connectivity index (χ0n) is 7.14. The summed E-state index contributed by atoms with van der Waals surface area (Å²) in [5.74, 6) is -0.855. The molecular weight excluding hydrogens is 218 g/mol. The van der Waals surface area contributed by atoms with Gasteiger partial charge in [0.05, 0.1) is 5.01 Å². The second-order valence-electron chi connectivity index (χ2n) is 2.68. The first-order chi connectivity index (χ1) is 6.77. The maximum atomic E-state index is 10.8. The van der Waals surface area contributed by atoms with Crippen LogP contribution in [0.1, 0.15) is 20.2 Å². The van der Waals surface area contributed by atoms with Crippen molar-refractivity contribution in [2.45, 2.75) is 6.42 Å². The Balaban J connectivity index is 2.25. The van der Waals surface area contributed by atoms with Gasteiger partial charge in [-0.15, -0.1) is 22.7 Å². The Bertz CT molecular complexity index is 433. The van der Waals surface area contributed by atoms with Gasteiger partial charge in [-0.25, -0.2) is 9.78 Å². The van der Waals surface area contributed by atoms with Crippen molar-refractivity contribution in [2.75, 3.05) is 0 Å². The highest BCUT2D eigenvalue weighted by Gasteiger charge is 2.12. The van der Waals surface area contributed by atoms with E-state index in [0.29, 0.717) is 11.3 Å². The highest BCUT2D eigenvalue weighted by molar-refractivity contribution is 7.12. The Morgan fingerprint density at radius 1 is 1.43 bits per heavy atom. The van der Waals surface area contributed by atoms with Gasteiger partial charge in [0, 0.05) is 18.0 Å². The number of rotatable bonds is 3. The predicted octanol–water partition coefficient (Wildman–Crippen LogP) is 2.49. The molecule has 0 aromatic carbocycles. The zero-order valence-corrected chi connectivity index (χ0v) is 8.77. The predicted molar refractivity (Wildman–Crippen MR) is 56.2 cm³/mol. The third-order valence-electron chi connectivity index (χ3n) is 1.77. The SMILES string of the molecule is O=C(O)c1sccc1Cc1nccs1. The largest absolute Gasteiger partial charge is 0.477 e. The van der Waals surface area contributed by atoms with Crippen LogP contribution in [0, 0.1) is 0 Å². The van der Waals surface area contributed by atoms with E-state index in [9.17, 15) is 4.79 Å². The quantitative estimate of drug-likeness (QED) is 0.873. The summed E-state index contributed by atoms with van der Waals surface area (Å²) in [7, 11) is 0. The molecule has 0 unspecified atom stereocenters. The maximum Gasteiger partial charge on any atom is 0.346 e. The number of nitrogens with zero attached hydrogens (tertiary/aromatic N) is 1. The minimum Gasteiger partial charge on any atom is -0.477 e. The molecule has 0 saturated heterocycles. The molecule has 1 N–H and O–H groups in total. The summed E-state index contributed by atoms with van der Waals surface area (Å²) in [6, 6.07) is 1.84. The third-order valence-corrected chi connectivity index (χ3v) is 3.49. The van der Waals surface area contributed by atoms with E-state index < -0.39 is 5.97 Å². The minimum atomic E-state index is -0.855. The van der Waals surface area contributed by atoms with E-state index in [1.807, 2.05) is 11.4 Å². The van der Waals surface area contributed by atoms with E-state index in [4.69, 9.17) is 5.11 Å². The molecule has 0 bridgehead atoms. The summed E-state index contributed by atoms with van der Waals surface area (Å²) in [5.41, 5.74) is 0.845. The van der Waals surface area contributed by atoms with Gasteiger partial charge in [-0.3, -0.25) is 0 Å². The molecule has 0 fully saturated rings. The average Bonchev–Trinajstić information content (AvgIpc) is 2.75. The standard InChI is InChI=1S/C9H7NO2S2/c11-9(12)8-6(1-3-14-8)5-7-10-2-4-13-7/h1-4H,5H2,(H,11,12). The molecule has 0 aliphatic rings. The lowest BCUT2D eigenvalue weighted by Crippen LogP contribution is -1.97. The Hall–Kier alpha value is -1.20. The monoisotopic (exact) mass is 225 g/mol. The van der Waals surface area contributed by atoms with Crippen molar-refractivity contribution >= 4 is 28.6 Å². The molecule has 0 radical (unpaired) electrons. The van der Waals surface area contributed by atoms with Crippen LogP contribution in [-0.2, 0) is 6.42 Å². The molecule has 0 saturated carbocycles. The molecule has 0 aliphatic carbocycles. The first kappa shape index (κ1) is 9.36. The van der Waals surface area contributed by atoms with Gasteiger partial charge in [0.25, 0.3) is 0 Å². The number of hydrogen-bond acceptors (Lipinski definition) is 4. The highest BCUT2D eigenvalue weighted by Crippen LogP contribution is 2.20. The van der Waals surface area contributed by atoms with Crippen molar-refractivity contribution in [3.05, 3.63) is 38.5 Å². The molecule has 14 heavy (non-hydrogen) atoms. The molecule has 0 aliphatic heterocycles. The Morgan fingerprint density at radius 3 is 2.93 bits per heavy atom. The fraction of sp³-hybridized carbons (Fsp3) is 0.111. The average molecular weight is 225 g/mol. The smallest absolute Gasteiger partial charge is 0.346 e. The molecule has 2 rings (SSSR count). The number of aromatic carboxylic acids is 1. The van der Waals surface area contributed by atoms with E-state index in [1.165, 1.54) is 11.3 Å². The number of carbonyl (C=O) groups is 1. The van der Waals surface area contributed by atoms with Crippen molar-refractivity contribution in [3.63, 3.8) is 0 Å². The molecule has 5 heteroatoms. The van der Waals surface area contributed by atoms with Crippen LogP contribution >= 0.6 is 22.7 Å². The van der Waals surface area contributed by atoms with Crippen LogP contribution in [0.5, 0.6) is 0 Å². The number of hydrogen-bond donors (Lipinski definition) is 1. The van der Waals surface area contributed by atoms with Gasteiger partial charge in [-0.05, 0) is 17.0 Å². The lowest BCUT2D eigenvalue weighted by molar-refractivity contribution is 0.0701. The molecular formula is C9H7NO2S2.